The predicted molar refractivity (Wildman–Crippen MR) is 117 cm³/mol. The maximum absolute atomic E-state index is 12.8. The highest BCUT2D eigenvalue weighted by atomic mass is 35.5. The Bertz CT molecular complexity index is 799. The Kier molecular flexibility index (Phi) is 7.39. The van der Waals surface area contributed by atoms with Crippen LogP contribution >= 0.6 is 23.2 Å². The van der Waals surface area contributed by atoms with Crippen molar-refractivity contribution in [3.63, 3.8) is 0 Å². The van der Waals surface area contributed by atoms with E-state index in [-0.39, 0.29) is 17.9 Å². The number of hydrogen-bond acceptors (Lipinski definition) is 2. The van der Waals surface area contributed by atoms with Crippen LogP contribution in [0, 0.1) is 12.8 Å². The van der Waals surface area contributed by atoms with Crippen LogP contribution < -0.4 is 5.32 Å². The van der Waals surface area contributed by atoms with E-state index in [9.17, 15) is 4.79 Å². The molecule has 1 aliphatic heterocycles. The van der Waals surface area contributed by atoms with Crippen LogP contribution in [0.1, 0.15) is 48.9 Å². The van der Waals surface area contributed by atoms with E-state index in [4.69, 9.17) is 23.2 Å². The van der Waals surface area contributed by atoms with Gasteiger partial charge in [-0.2, -0.15) is 0 Å². The van der Waals surface area contributed by atoms with Gasteiger partial charge in [0, 0.05) is 12.5 Å². The van der Waals surface area contributed by atoms with Crippen molar-refractivity contribution >= 4 is 29.1 Å². The van der Waals surface area contributed by atoms with Crippen molar-refractivity contribution in [3.05, 3.63) is 69.2 Å². The number of hydrogen-bond donors (Lipinski definition) is 1. The summed E-state index contributed by atoms with van der Waals surface area (Å²) < 4.78 is 0. The molecule has 3 rings (SSSR count). The van der Waals surface area contributed by atoms with Crippen molar-refractivity contribution < 1.29 is 4.79 Å². The Hall–Kier alpha value is -1.55. The number of likely N-dealkylation sites (tertiary alicyclic amines) is 1. The molecule has 0 spiro atoms. The fourth-order valence-electron chi connectivity index (χ4n) is 3.76. The number of nitrogens with zero attached hydrogens (tertiary/aromatic N) is 1. The maximum Gasteiger partial charge on any atom is 0.223 e. The Morgan fingerprint density at radius 2 is 1.79 bits per heavy atom. The number of carbonyl (C=O) groups is 1. The van der Waals surface area contributed by atoms with Crippen LogP contribution in [0.15, 0.2) is 42.5 Å². The summed E-state index contributed by atoms with van der Waals surface area (Å²) in [4.78, 5) is 15.2. The molecule has 1 N–H and O–H groups in total. The van der Waals surface area contributed by atoms with Gasteiger partial charge >= 0.3 is 0 Å². The van der Waals surface area contributed by atoms with Crippen molar-refractivity contribution in [3.8, 4) is 0 Å². The van der Waals surface area contributed by atoms with Crippen molar-refractivity contribution in [2.24, 2.45) is 5.92 Å². The van der Waals surface area contributed by atoms with Crippen LogP contribution in [0.2, 0.25) is 10.0 Å². The highest BCUT2D eigenvalue weighted by Crippen LogP contribution is 2.26. The topological polar surface area (TPSA) is 32.3 Å². The molecular weight excluding hydrogens is 391 g/mol. The lowest BCUT2D eigenvalue weighted by Crippen LogP contribution is -2.41. The van der Waals surface area contributed by atoms with Crippen molar-refractivity contribution in [1.29, 1.82) is 0 Å². The second-order valence-corrected chi connectivity index (χ2v) is 8.49. The molecule has 0 aromatic heterocycles. The summed E-state index contributed by atoms with van der Waals surface area (Å²) in [7, 11) is 0. The highest BCUT2D eigenvalue weighted by Gasteiger charge is 2.26. The van der Waals surface area contributed by atoms with Crippen LogP contribution in [0.25, 0.3) is 0 Å². The van der Waals surface area contributed by atoms with Gasteiger partial charge in [0.2, 0.25) is 5.91 Å². The molecule has 1 fully saturated rings. The van der Waals surface area contributed by atoms with E-state index in [0.717, 1.165) is 44.5 Å². The molecule has 150 valence electrons. The van der Waals surface area contributed by atoms with Gasteiger partial charge in [0.1, 0.15) is 0 Å². The fourth-order valence-corrected chi connectivity index (χ4v) is 4.08. The van der Waals surface area contributed by atoms with E-state index < -0.39 is 0 Å². The summed E-state index contributed by atoms with van der Waals surface area (Å²) in [6.07, 6.45) is 2.67. The fraction of sp³-hybridized carbons (Fsp3) is 0.435. The third kappa shape index (κ3) is 5.50. The van der Waals surface area contributed by atoms with Crippen molar-refractivity contribution in [1.82, 2.24) is 10.2 Å². The standard InChI is InChI=1S/C23H28Cl2N2O/c1-3-22(18-7-4-16(2)5-8-18)26-23(28)19-10-12-27(13-11-19)15-17-6-9-20(24)21(25)14-17/h4-9,14,19,22H,3,10-13,15H2,1-2H3,(H,26,28)/t22-/m1/s1. The largest absolute Gasteiger partial charge is 0.349 e. The molecule has 1 aliphatic rings. The number of carbonyl (C=O) groups excluding carboxylic acids is 1. The van der Waals surface area contributed by atoms with Crippen LogP contribution in [0.3, 0.4) is 0 Å². The first-order valence-corrected chi connectivity index (χ1v) is 10.7. The van der Waals surface area contributed by atoms with Gasteiger partial charge in [0.15, 0.2) is 0 Å². The number of halogens is 2. The third-order valence-electron chi connectivity index (χ3n) is 5.55. The lowest BCUT2D eigenvalue weighted by molar-refractivity contribution is -0.127. The molecule has 28 heavy (non-hydrogen) atoms. The van der Waals surface area contributed by atoms with Gasteiger partial charge in [0.05, 0.1) is 16.1 Å². The summed E-state index contributed by atoms with van der Waals surface area (Å²) in [5, 5.41) is 4.44. The van der Waals surface area contributed by atoms with Crippen LogP contribution in [0.5, 0.6) is 0 Å². The molecule has 1 amide bonds. The third-order valence-corrected chi connectivity index (χ3v) is 6.29. The van der Waals surface area contributed by atoms with E-state index in [2.05, 4.69) is 48.3 Å². The molecule has 1 atom stereocenters. The molecule has 0 unspecified atom stereocenters. The molecule has 0 bridgehead atoms. The van der Waals surface area contributed by atoms with E-state index in [1.165, 1.54) is 11.1 Å². The summed E-state index contributed by atoms with van der Waals surface area (Å²) >= 11 is 12.1. The van der Waals surface area contributed by atoms with E-state index in [1.54, 1.807) is 0 Å². The van der Waals surface area contributed by atoms with Gasteiger partial charge in [-0.15, -0.1) is 0 Å². The Labute approximate surface area is 178 Å². The lowest BCUT2D eigenvalue weighted by Gasteiger charge is -2.32. The van der Waals surface area contributed by atoms with E-state index >= 15 is 0 Å². The Balaban J connectivity index is 1.51. The summed E-state index contributed by atoms with van der Waals surface area (Å²) in [5.41, 5.74) is 3.57. The number of rotatable bonds is 6. The zero-order valence-electron chi connectivity index (χ0n) is 16.6. The monoisotopic (exact) mass is 418 g/mol. The first-order valence-electron chi connectivity index (χ1n) is 9.99. The zero-order chi connectivity index (χ0) is 20.1. The normalized spacial score (nSPS) is 16.7. The number of piperidine rings is 1. The lowest BCUT2D eigenvalue weighted by atomic mass is 9.94. The molecule has 3 nitrogen and oxygen atoms in total. The molecular formula is C23H28Cl2N2O. The summed E-state index contributed by atoms with van der Waals surface area (Å²) in [5.74, 6) is 0.270. The molecule has 2 aromatic carbocycles. The molecule has 0 aliphatic carbocycles. The average molecular weight is 419 g/mol. The molecule has 0 radical (unpaired) electrons. The molecule has 1 heterocycles. The number of nitrogens with one attached hydrogen (secondary N) is 1. The highest BCUT2D eigenvalue weighted by molar-refractivity contribution is 6.42. The molecule has 1 saturated heterocycles. The smallest absolute Gasteiger partial charge is 0.223 e. The van der Waals surface area contributed by atoms with Crippen LogP contribution in [0.4, 0.5) is 0 Å². The SMILES string of the molecule is CC[C@@H](NC(=O)C1CCN(Cc2ccc(Cl)c(Cl)c2)CC1)c1ccc(C)cc1. The zero-order valence-corrected chi connectivity index (χ0v) is 18.1. The quantitative estimate of drug-likeness (QED) is 0.644. The maximum atomic E-state index is 12.8. The van der Waals surface area contributed by atoms with Crippen LogP contribution in [-0.4, -0.2) is 23.9 Å². The van der Waals surface area contributed by atoms with E-state index in [1.807, 2.05) is 18.2 Å². The minimum atomic E-state index is 0.0855. The number of benzene rings is 2. The number of aryl methyl sites for hydroxylation is 1. The van der Waals surface area contributed by atoms with Crippen molar-refractivity contribution in [2.75, 3.05) is 13.1 Å². The predicted octanol–water partition coefficient (Wildman–Crippen LogP) is 5.78. The van der Waals surface area contributed by atoms with Gasteiger partial charge in [-0.25, -0.2) is 0 Å². The first kappa shape index (κ1) is 21.2. The van der Waals surface area contributed by atoms with E-state index in [0.29, 0.717) is 10.0 Å². The van der Waals surface area contributed by atoms with Gasteiger partial charge in [-0.1, -0.05) is 66.0 Å². The minimum absolute atomic E-state index is 0.0855. The van der Waals surface area contributed by atoms with Gasteiger partial charge in [-0.3, -0.25) is 9.69 Å². The first-order chi connectivity index (χ1) is 13.5. The van der Waals surface area contributed by atoms with Gasteiger partial charge in [-0.05, 0) is 62.5 Å². The van der Waals surface area contributed by atoms with Gasteiger partial charge < -0.3 is 5.32 Å². The summed E-state index contributed by atoms with van der Waals surface area (Å²) in [6, 6.07) is 14.3. The van der Waals surface area contributed by atoms with Gasteiger partial charge in [0.25, 0.3) is 0 Å². The average Bonchev–Trinajstić information content (AvgIpc) is 2.70. The molecule has 2 aromatic rings. The minimum Gasteiger partial charge on any atom is -0.349 e. The second-order valence-electron chi connectivity index (χ2n) is 7.68. The second kappa shape index (κ2) is 9.78. The summed E-state index contributed by atoms with van der Waals surface area (Å²) in [6.45, 7) is 6.87. The van der Waals surface area contributed by atoms with Crippen LogP contribution in [-0.2, 0) is 11.3 Å². The molecule has 5 heteroatoms. The number of amides is 1. The Morgan fingerprint density at radius 1 is 1.11 bits per heavy atom. The Morgan fingerprint density at radius 3 is 2.39 bits per heavy atom. The van der Waals surface area contributed by atoms with Crippen molar-refractivity contribution in [2.45, 2.75) is 45.7 Å². The molecule has 0 saturated carbocycles.